The summed E-state index contributed by atoms with van der Waals surface area (Å²) in [6.07, 6.45) is 7.47. The van der Waals surface area contributed by atoms with Crippen molar-refractivity contribution in [2.45, 2.75) is 32.7 Å². The second-order valence-electron chi connectivity index (χ2n) is 6.66. The van der Waals surface area contributed by atoms with Gasteiger partial charge in [0.15, 0.2) is 5.65 Å². The van der Waals surface area contributed by atoms with Crippen LogP contribution in [-0.4, -0.2) is 50.9 Å². The van der Waals surface area contributed by atoms with Crippen molar-refractivity contribution in [3.05, 3.63) is 36.8 Å². The molecule has 6 heteroatoms. The zero-order chi connectivity index (χ0) is 17.8. The lowest BCUT2D eigenvalue weighted by molar-refractivity contribution is 0.219. The van der Waals surface area contributed by atoms with Gasteiger partial charge in [-0.15, -0.1) is 0 Å². The molecule has 1 aliphatic heterocycles. The normalized spacial score (nSPS) is 15.4. The maximum Gasteiger partial charge on any atom is 0.161 e. The summed E-state index contributed by atoms with van der Waals surface area (Å²) in [5.74, 6) is 0.844. The van der Waals surface area contributed by atoms with Crippen molar-refractivity contribution in [2.75, 3.05) is 26.2 Å². The van der Waals surface area contributed by atoms with Gasteiger partial charge in [0.2, 0.25) is 0 Å². The summed E-state index contributed by atoms with van der Waals surface area (Å²) in [4.78, 5) is 11.5. The third kappa shape index (κ3) is 3.42. The summed E-state index contributed by atoms with van der Waals surface area (Å²) in [6.45, 7) is 6.88. The minimum atomic E-state index is 0.625. The number of aromatic nitrogens is 4. The fourth-order valence-corrected chi connectivity index (χ4v) is 3.63. The van der Waals surface area contributed by atoms with Crippen molar-refractivity contribution < 1.29 is 4.74 Å². The first-order valence-corrected chi connectivity index (χ1v) is 9.48. The summed E-state index contributed by atoms with van der Waals surface area (Å²) in [6, 6.07) is 8.01. The third-order valence-corrected chi connectivity index (χ3v) is 4.95. The van der Waals surface area contributed by atoms with E-state index in [0.29, 0.717) is 6.61 Å². The van der Waals surface area contributed by atoms with Crippen molar-refractivity contribution in [3.8, 4) is 17.0 Å². The zero-order valence-electron chi connectivity index (χ0n) is 15.3. The van der Waals surface area contributed by atoms with Crippen molar-refractivity contribution in [1.29, 1.82) is 0 Å². The van der Waals surface area contributed by atoms with Gasteiger partial charge >= 0.3 is 0 Å². The molecule has 0 aliphatic carbocycles. The number of fused-ring (bicyclic) bond motifs is 1. The van der Waals surface area contributed by atoms with Crippen LogP contribution in [0.15, 0.2) is 36.8 Å². The van der Waals surface area contributed by atoms with Gasteiger partial charge < -0.3 is 9.64 Å². The minimum Gasteiger partial charge on any atom is -0.493 e. The van der Waals surface area contributed by atoms with Gasteiger partial charge in [0, 0.05) is 12.1 Å². The number of likely N-dealkylation sites (tertiary alicyclic amines) is 1. The van der Waals surface area contributed by atoms with Crippen LogP contribution < -0.4 is 4.74 Å². The van der Waals surface area contributed by atoms with Crippen LogP contribution in [0.25, 0.3) is 22.3 Å². The van der Waals surface area contributed by atoms with Crippen LogP contribution in [0, 0.1) is 0 Å². The molecule has 4 rings (SSSR count). The molecule has 0 atom stereocenters. The van der Waals surface area contributed by atoms with Crippen LogP contribution in [0.5, 0.6) is 5.75 Å². The van der Waals surface area contributed by atoms with Crippen LogP contribution in [0.3, 0.4) is 0 Å². The fraction of sp³-hybridized carbons (Fsp3) is 0.450. The molecule has 1 aliphatic rings. The molecule has 0 N–H and O–H groups in total. The maximum atomic E-state index is 5.78. The highest BCUT2D eigenvalue weighted by Gasteiger charge is 2.16. The number of hydrogen-bond donors (Lipinski definition) is 0. The van der Waals surface area contributed by atoms with E-state index in [-0.39, 0.29) is 0 Å². The van der Waals surface area contributed by atoms with Gasteiger partial charge in [0.1, 0.15) is 12.1 Å². The number of para-hydroxylation sites is 1. The molecule has 1 aromatic carbocycles. The number of benzene rings is 1. The molecule has 2 aromatic heterocycles. The molecule has 0 unspecified atom stereocenters. The van der Waals surface area contributed by atoms with E-state index in [1.54, 1.807) is 6.33 Å². The van der Waals surface area contributed by atoms with E-state index in [1.165, 1.54) is 32.4 Å². The van der Waals surface area contributed by atoms with Gasteiger partial charge in [0.25, 0.3) is 0 Å². The Hall–Kier alpha value is -2.47. The Morgan fingerprint density at radius 3 is 2.73 bits per heavy atom. The Kier molecular flexibility index (Phi) is 5.11. The zero-order valence-corrected chi connectivity index (χ0v) is 15.3. The number of rotatable bonds is 6. The first kappa shape index (κ1) is 17.0. The molecule has 6 nitrogen and oxygen atoms in total. The Morgan fingerprint density at radius 2 is 1.88 bits per heavy atom. The highest BCUT2D eigenvalue weighted by Crippen LogP contribution is 2.32. The molecule has 1 saturated heterocycles. The van der Waals surface area contributed by atoms with Crippen molar-refractivity contribution in [3.63, 3.8) is 0 Å². The molecular weight excluding hydrogens is 326 g/mol. The largest absolute Gasteiger partial charge is 0.493 e. The Bertz CT molecular complexity index is 870. The van der Waals surface area contributed by atoms with Gasteiger partial charge in [-0.05, 0) is 45.0 Å². The van der Waals surface area contributed by atoms with Gasteiger partial charge in [-0.2, -0.15) is 5.10 Å². The van der Waals surface area contributed by atoms with Gasteiger partial charge in [-0.1, -0.05) is 18.6 Å². The standard InChI is InChI=1S/C20H25N5O/c1-2-26-18-9-5-4-8-16(18)19-17-14-23-25(20(17)22-15-21-19)13-12-24-10-6-3-7-11-24/h4-5,8-9,14-15H,2-3,6-7,10-13H2,1H3. The predicted octanol–water partition coefficient (Wildman–Crippen LogP) is 3.38. The van der Waals surface area contributed by atoms with E-state index >= 15 is 0 Å². The van der Waals surface area contributed by atoms with Gasteiger partial charge in [-0.3, -0.25) is 0 Å². The van der Waals surface area contributed by atoms with E-state index in [9.17, 15) is 0 Å². The van der Waals surface area contributed by atoms with Crippen LogP contribution in [0.1, 0.15) is 26.2 Å². The van der Waals surface area contributed by atoms with Gasteiger partial charge in [-0.25, -0.2) is 14.6 Å². The quantitative estimate of drug-likeness (QED) is 0.681. The lowest BCUT2D eigenvalue weighted by atomic mass is 10.1. The van der Waals surface area contributed by atoms with Crippen LogP contribution in [-0.2, 0) is 6.54 Å². The summed E-state index contributed by atoms with van der Waals surface area (Å²) in [5.41, 5.74) is 2.75. The number of hydrogen-bond acceptors (Lipinski definition) is 5. The second kappa shape index (κ2) is 7.83. The Labute approximate surface area is 153 Å². The molecule has 0 bridgehead atoms. The van der Waals surface area contributed by atoms with E-state index in [2.05, 4.69) is 20.0 Å². The highest BCUT2D eigenvalue weighted by atomic mass is 16.5. The summed E-state index contributed by atoms with van der Waals surface area (Å²) in [5, 5.41) is 5.56. The molecule has 3 heterocycles. The molecule has 1 fully saturated rings. The summed E-state index contributed by atoms with van der Waals surface area (Å²) < 4.78 is 7.78. The monoisotopic (exact) mass is 351 g/mol. The number of ether oxygens (including phenoxy) is 1. The smallest absolute Gasteiger partial charge is 0.161 e. The molecule has 3 aromatic rings. The van der Waals surface area contributed by atoms with E-state index in [4.69, 9.17) is 4.74 Å². The highest BCUT2D eigenvalue weighted by molar-refractivity contribution is 5.91. The molecule has 26 heavy (non-hydrogen) atoms. The van der Waals surface area contributed by atoms with Gasteiger partial charge in [0.05, 0.1) is 30.4 Å². The van der Waals surface area contributed by atoms with Crippen LogP contribution in [0.2, 0.25) is 0 Å². The van der Waals surface area contributed by atoms with Crippen molar-refractivity contribution in [1.82, 2.24) is 24.6 Å². The Morgan fingerprint density at radius 1 is 1.04 bits per heavy atom. The molecule has 0 amide bonds. The average molecular weight is 351 g/mol. The molecule has 0 spiro atoms. The van der Waals surface area contributed by atoms with E-state index < -0.39 is 0 Å². The van der Waals surface area contributed by atoms with E-state index in [0.717, 1.165) is 41.1 Å². The first-order chi connectivity index (χ1) is 12.9. The molecule has 0 radical (unpaired) electrons. The fourth-order valence-electron chi connectivity index (χ4n) is 3.63. The molecule has 136 valence electrons. The number of nitrogens with zero attached hydrogens (tertiary/aromatic N) is 5. The Balaban J connectivity index is 1.63. The molecule has 0 saturated carbocycles. The van der Waals surface area contributed by atoms with Crippen molar-refractivity contribution >= 4 is 11.0 Å². The molecular formula is C20H25N5O. The lowest BCUT2D eigenvalue weighted by Gasteiger charge is -2.26. The summed E-state index contributed by atoms with van der Waals surface area (Å²) in [7, 11) is 0. The summed E-state index contributed by atoms with van der Waals surface area (Å²) >= 11 is 0. The average Bonchev–Trinajstić information content (AvgIpc) is 3.11. The van der Waals surface area contributed by atoms with Crippen molar-refractivity contribution in [2.24, 2.45) is 0 Å². The van der Waals surface area contributed by atoms with E-state index in [1.807, 2.05) is 42.1 Å². The third-order valence-electron chi connectivity index (χ3n) is 4.95. The second-order valence-corrected chi connectivity index (χ2v) is 6.66. The predicted molar refractivity (Wildman–Crippen MR) is 102 cm³/mol. The van der Waals surface area contributed by atoms with Crippen LogP contribution in [0.4, 0.5) is 0 Å². The number of piperidine rings is 1. The van der Waals surface area contributed by atoms with Crippen LogP contribution >= 0.6 is 0 Å². The maximum absolute atomic E-state index is 5.78. The minimum absolute atomic E-state index is 0.625. The lowest BCUT2D eigenvalue weighted by Crippen LogP contribution is -2.32. The first-order valence-electron chi connectivity index (χ1n) is 9.48. The SMILES string of the molecule is CCOc1ccccc1-c1ncnc2c1cnn2CCN1CCCCC1. The topological polar surface area (TPSA) is 56.1 Å².